The van der Waals surface area contributed by atoms with Crippen molar-refractivity contribution in [2.75, 3.05) is 63.4 Å². The summed E-state index contributed by atoms with van der Waals surface area (Å²) in [5, 5.41) is 9.80. The van der Waals surface area contributed by atoms with Crippen molar-refractivity contribution in [3.63, 3.8) is 0 Å². The van der Waals surface area contributed by atoms with E-state index < -0.39 is 11.8 Å². The van der Waals surface area contributed by atoms with Crippen LogP contribution in [0.15, 0.2) is 0 Å². The van der Waals surface area contributed by atoms with Crippen LogP contribution in [-0.4, -0.2) is 108 Å². The third-order valence-electron chi connectivity index (χ3n) is 1.86. The number of hydrogen-bond acceptors (Lipinski definition) is 5. The summed E-state index contributed by atoms with van der Waals surface area (Å²) in [4.78, 5) is 54.1. The summed E-state index contributed by atoms with van der Waals surface area (Å²) in [5.74, 6) is -1.41. The third kappa shape index (κ3) is 76.5. The van der Waals surface area contributed by atoms with Gasteiger partial charge in [0.2, 0.25) is 0 Å². The zero-order valence-corrected chi connectivity index (χ0v) is 34.9. The van der Waals surface area contributed by atoms with Crippen LogP contribution in [0.3, 0.4) is 0 Å². The summed E-state index contributed by atoms with van der Waals surface area (Å²) in [6.45, 7) is 1.42. The second-order valence-electron chi connectivity index (χ2n) is 4.86. The Labute approximate surface area is 311 Å². The first-order valence-corrected chi connectivity index (χ1v) is 7.14. The number of amides is 6. The molecule has 6 amide bonds. The molecule has 0 aromatic heterocycles. The topological polar surface area (TPSA) is 137 Å². The van der Waals surface area contributed by atoms with E-state index >= 15 is 0 Å². The first kappa shape index (κ1) is 76.5. The largest absolute Gasteiger partial charge is 0.656 e. The Morgan fingerprint density at radius 3 is 0.912 bits per heavy atom. The molecule has 15 heteroatoms. The normalized spacial score (nSPS) is 5.82. The molecule has 0 rings (SSSR count). The Kier molecular flexibility index (Phi) is 124. The van der Waals surface area contributed by atoms with E-state index in [0.29, 0.717) is 0 Å². The standard InChI is InChI=1S/C5H10N2O2.C4H10N2O.C3H6NO.C3H7NO.4CH3.4Y/c1-6-4(8)5(9)7(2)3;1-5-4(7)6(2)3;1-4(2)3-5;1-3(5)4-2;;;;;;;;/h1-3H3,(H,6,8);1-3H3,(H,5,7);1-2H3;1-2H3,(H,4,5);4*1H3;;;;/q;;-1;;4*-1;;;;/p-3. The fourth-order valence-corrected chi connectivity index (χ4v) is 0.487. The number of carbonyl (C=O) groups excluding carboxylic acids is 5. The van der Waals surface area contributed by atoms with E-state index in [1.165, 1.54) is 56.9 Å². The van der Waals surface area contributed by atoms with Crippen LogP contribution >= 0.6 is 0 Å². The molecule has 0 saturated carbocycles. The molecule has 0 unspecified atom stereocenters. The minimum Gasteiger partial charge on any atom is -0.656 e. The predicted molar refractivity (Wildman–Crippen MR) is 126 cm³/mol. The molecule has 0 aromatic carbocycles. The van der Waals surface area contributed by atoms with E-state index in [-0.39, 0.29) is 172 Å². The summed E-state index contributed by atoms with van der Waals surface area (Å²) < 4.78 is 0. The first-order valence-electron chi connectivity index (χ1n) is 7.14. The Balaban J connectivity index is -0.0000000180. The van der Waals surface area contributed by atoms with Crippen LogP contribution in [0.25, 0.3) is 16.0 Å². The number of hydrogen-bond donors (Lipinski definition) is 0. The maximum Gasteiger partial charge on any atom is 0.271 e. The summed E-state index contributed by atoms with van der Waals surface area (Å²) >= 11 is 0. The van der Waals surface area contributed by atoms with Crippen LogP contribution < -0.4 is 0 Å². The maximum atomic E-state index is 10.6. The van der Waals surface area contributed by atoms with Crippen LogP contribution in [0.5, 0.6) is 0 Å². The molecule has 0 fully saturated rings. The van der Waals surface area contributed by atoms with Gasteiger partial charge in [0.25, 0.3) is 5.91 Å². The Bertz CT molecular complexity index is 445. The Morgan fingerprint density at radius 2 is 0.882 bits per heavy atom. The molecule has 0 saturated heterocycles. The van der Waals surface area contributed by atoms with Crippen molar-refractivity contribution in [1.82, 2.24) is 14.7 Å². The third-order valence-corrected chi connectivity index (χ3v) is 1.86. The molecule has 11 nitrogen and oxygen atoms in total. The van der Waals surface area contributed by atoms with Crippen molar-refractivity contribution < 1.29 is 155 Å². The first-order chi connectivity index (χ1) is 11.8. The quantitative estimate of drug-likeness (QED) is 0.228. The van der Waals surface area contributed by atoms with E-state index in [4.69, 9.17) is 0 Å². The van der Waals surface area contributed by atoms with Crippen LogP contribution in [0.1, 0.15) is 6.92 Å². The van der Waals surface area contributed by atoms with Gasteiger partial charge in [-0.15, -0.1) is 14.1 Å². The molecular formula is C19H42N6O5Y4-8. The zero-order chi connectivity index (χ0) is 21.9. The molecule has 0 heterocycles. The van der Waals surface area contributed by atoms with E-state index in [0.717, 1.165) is 0 Å². The number of carbonyl (C=O) groups is 4. The molecule has 0 bridgehead atoms. The van der Waals surface area contributed by atoms with Gasteiger partial charge in [0.15, 0.2) is 6.03 Å². The molecular weight excluding hydrogens is 748 g/mol. The van der Waals surface area contributed by atoms with E-state index in [2.05, 4.69) is 16.0 Å². The van der Waals surface area contributed by atoms with Crippen molar-refractivity contribution in [1.29, 1.82) is 0 Å². The zero-order valence-electron chi connectivity index (χ0n) is 23.5. The fourth-order valence-electron chi connectivity index (χ4n) is 0.487. The minimum absolute atomic E-state index is 0. The van der Waals surface area contributed by atoms with Gasteiger partial charge >= 0.3 is 0 Å². The van der Waals surface area contributed by atoms with Gasteiger partial charge in [-0.2, -0.15) is 6.41 Å². The van der Waals surface area contributed by atoms with Crippen LogP contribution in [-0.2, 0) is 150 Å². The van der Waals surface area contributed by atoms with Crippen molar-refractivity contribution in [3.05, 3.63) is 45.7 Å². The number of likely N-dealkylation sites (N-methyl/N-ethyl adjacent to an activating group) is 2. The fraction of sp³-hybridized carbons (Fsp3) is 0.526. The molecule has 0 aliphatic heterocycles. The summed E-state index contributed by atoms with van der Waals surface area (Å²) in [5.41, 5.74) is 0. The van der Waals surface area contributed by atoms with Crippen molar-refractivity contribution in [2.45, 2.75) is 6.92 Å². The van der Waals surface area contributed by atoms with E-state index in [1.807, 2.05) is 0 Å². The van der Waals surface area contributed by atoms with Crippen LogP contribution in [0, 0.1) is 29.7 Å². The summed E-state index contributed by atoms with van der Waals surface area (Å²) in [6, 6.07) is -0.194. The van der Waals surface area contributed by atoms with Gasteiger partial charge < -0.3 is 74.7 Å². The smallest absolute Gasteiger partial charge is 0.271 e. The van der Waals surface area contributed by atoms with Crippen molar-refractivity contribution in [3.8, 4) is 0 Å². The SMILES string of the molecule is CN(C)[C-]=O.C[N-]C(=O)C(=O)N(C)C.C[N-]C(=O)N(C)C.C[N-]C(C)=O.[CH3-].[CH3-].[CH3-].[CH3-].[Y].[Y].[Y].[Y]. The second kappa shape index (κ2) is 55.2. The van der Waals surface area contributed by atoms with Gasteiger partial charge in [0, 0.05) is 151 Å². The average Bonchev–Trinajstić information content (AvgIpc) is 2.60. The molecule has 0 aromatic rings. The van der Waals surface area contributed by atoms with Gasteiger partial charge in [-0.3, -0.25) is 9.59 Å². The number of urea groups is 1. The van der Waals surface area contributed by atoms with Gasteiger partial charge in [-0.1, -0.05) is 21.1 Å². The van der Waals surface area contributed by atoms with Crippen LogP contribution in [0.4, 0.5) is 4.79 Å². The predicted octanol–water partition coefficient (Wildman–Crippen LogP) is 2.22. The molecule has 0 atom stereocenters. The summed E-state index contributed by atoms with van der Waals surface area (Å²) in [6.07, 6.45) is 1.61. The van der Waals surface area contributed by atoms with Gasteiger partial charge in [0.1, 0.15) is 5.91 Å². The van der Waals surface area contributed by atoms with Crippen molar-refractivity contribution >= 4 is 30.2 Å². The van der Waals surface area contributed by atoms with Gasteiger partial charge in [-0.25, -0.2) is 0 Å². The van der Waals surface area contributed by atoms with Crippen LogP contribution in [0.2, 0.25) is 0 Å². The second-order valence-corrected chi connectivity index (χ2v) is 4.86. The summed E-state index contributed by atoms with van der Waals surface area (Å²) in [7, 11) is 13.8. The van der Waals surface area contributed by atoms with E-state index in [1.54, 1.807) is 34.6 Å². The van der Waals surface area contributed by atoms with Crippen molar-refractivity contribution in [2.24, 2.45) is 0 Å². The number of nitrogens with zero attached hydrogens (tertiary/aromatic N) is 6. The molecule has 198 valence electrons. The number of rotatable bonds is 1. The molecule has 34 heavy (non-hydrogen) atoms. The molecule has 0 aliphatic carbocycles. The van der Waals surface area contributed by atoms with E-state index in [9.17, 15) is 24.0 Å². The minimum atomic E-state index is -0.708. The molecule has 0 spiro atoms. The Morgan fingerprint density at radius 1 is 0.618 bits per heavy atom. The molecule has 0 N–H and O–H groups in total. The van der Waals surface area contributed by atoms with Gasteiger partial charge in [-0.05, 0) is 21.0 Å². The Hall–Kier alpha value is 1.57. The average molecular weight is 790 g/mol. The monoisotopic (exact) mass is 790 g/mol. The maximum absolute atomic E-state index is 10.6. The molecule has 0 aliphatic rings. The van der Waals surface area contributed by atoms with Gasteiger partial charge in [0.05, 0.1) is 0 Å². The molecule has 4 radical (unpaired) electrons.